The first-order valence-electron chi connectivity index (χ1n) is 6.65. The summed E-state index contributed by atoms with van der Waals surface area (Å²) in [5, 5.41) is 12.2. The van der Waals surface area contributed by atoms with E-state index < -0.39 is 6.04 Å². The second-order valence-corrected chi connectivity index (χ2v) is 5.97. The van der Waals surface area contributed by atoms with E-state index in [9.17, 15) is 14.7 Å². The fourth-order valence-electron chi connectivity index (χ4n) is 2.07. The van der Waals surface area contributed by atoms with Gasteiger partial charge in [-0.15, -0.1) is 0 Å². The van der Waals surface area contributed by atoms with Gasteiger partial charge in [-0.1, -0.05) is 41.7 Å². The van der Waals surface area contributed by atoms with Crippen LogP contribution in [0.2, 0.25) is 0 Å². The van der Waals surface area contributed by atoms with Crippen LogP contribution >= 0.6 is 11.3 Å². The van der Waals surface area contributed by atoms with Crippen LogP contribution in [0.25, 0.3) is 0 Å². The van der Waals surface area contributed by atoms with E-state index in [0.717, 1.165) is 27.5 Å². The number of nitrogens with one attached hydrogen (secondary N) is 1. The van der Waals surface area contributed by atoms with E-state index in [1.807, 2.05) is 44.2 Å². The SMILES string of the molecule is Cc1sc(=O)n(CC(=O)N[C@H](CO)c2ccccc2)c1C. The summed E-state index contributed by atoms with van der Waals surface area (Å²) in [5.74, 6) is -0.291. The fourth-order valence-corrected chi connectivity index (χ4v) is 2.90. The van der Waals surface area contributed by atoms with Crippen LogP contribution in [0.3, 0.4) is 0 Å². The van der Waals surface area contributed by atoms with E-state index in [1.165, 1.54) is 4.57 Å². The smallest absolute Gasteiger partial charge is 0.308 e. The largest absolute Gasteiger partial charge is 0.394 e. The molecule has 2 aromatic rings. The third-order valence-electron chi connectivity index (χ3n) is 3.40. The van der Waals surface area contributed by atoms with Crippen molar-refractivity contribution in [2.45, 2.75) is 26.4 Å². The Labute approximate surface area is 126 Å². The van der Waals surface area contributed by atoms with E-state index in [1.54, 1.807) is 0 Å². The van der Waals surface area contributed by atoms with E-state index in [0.29, 0.717) is 0 Å². The monoisotopic (exact) mass is 306 g/mol. The molecule has 0 radical (unpaired) electrons. The van der Waals surface area contributed by atoms with Crippen molar-refractivity contribution in [1.82, 2.24) is 9.88 Å². The van der Waals surface area contributed by atoms with Crippen LogP contribution in [-0.2, 0) is 11.3 Å². The Balaban J connectivity index is 2.09. The molecule has 5 nitrogen and oxygen atoms in total. The Bertz CT molecular complexity index is 676. The van der Waals surface area contributed by atoms with Gasteiger partial charge in [-0.25, -0.2) is 0 Å². The number of hydrogen-bond acceptors (Lipinski definition) is 4. The van der Waals surface area contributed by atoms with Crippen LogP contribution in [0, 0.1) is 13.8 Å². The molecule has 0 fully saturated rings. The second kappa shape index (κ2) is 6.69. The first-order chi connectivity index (χ1) is 10.0. The van der Waals surface area contributed by atoms with E-state index in [-0.39, 0.29) is 23.9 Å². The highest BCUT2D eigenvalue weighted by Gasteiger charge is 2.16. The lowest BCUT2D eigenvalue weighted by atomic mass is 10.1. The molecule has 21 heavy (non-hydrogen) atoms. The molecule has 0 aliphatic heterocycles. The number of hydrogen-bond donors (Lipinski definition) is 2. The van der Waals surface area contributed by atoms with Gasteiger partial charge in [0.1, 0.15) is 6.54 Å². The minimum Gasteiger partial charge on any atom is -0.394 e. The van der Waals surface area contributed by atoms with Gasteiger partial charge in [0.2, 0.25) is 5.91 Å². The molecule has 0 aliphatic carbocycles. The molecular weight excluding hydrogens is 288 g/mol. The first-order valence-corrected chi connectivity index (χ1v) is 7.46. The Morgan fingerprint density at radius 3 is 2.52 bits per heavy atom. The zero-order valence-electron chi connectivity index (χ0n) is 12.0. The van der Waals surface area contributed by atoms with E-state index >= 15 is 0 Å². The standard InChI is InChI=1S/C15H18N2O3S/c1-10-11(2)21-15(20)17(10)8-14(19)16-13(9-18)12-6-4-3-5-7-12/h3-7,13,18H,8-9H2,1-2H3,(H,16,19)/t13-/m1/s1. The Kier molecular flexibility index (Phi) is 4.93. The average molecular weight is 306 g/mol. The average Bonchev–Trinajstić information content (AvgIpc) is 2.72. The van der Waals surface area contributed by atoms with Crippen molar-refractivity contribution >= 4 is 17.2 Å². The molecule has 112 valence electrons. The molecule has 1 heterocycles. The molecule has 0 saturated heterocycles. The minimum absolute atomic E-state index is 0.0294. The molecular formula is C15H18N2O3S. The molecule has 0 unspecified atom stereocenters. The summed E-state index contributed by atoms with van der Waals surface area (Å²) in [4.78, 5) is 24.6. The first kappa shape index (κ1) is 15.5. The third-order valence-corrected chi connectivity index (χ3v) is 4.39. The Morgan fingerprint density at radius 2 is 2.00 bits per heavy atom. The summed E-state index contributed by atoms with van der Waals surface area (Å²) in [5.41, 5.74) is 1.64. The minimum atomic E-state index is -0.463. The Hall–Kier alpha value is -1.92. The number of aryl methyl sites for hydroxylation is 1. The zero-order chi connectivity index (χ0) is 15.4. The number of nitrogens with zero attached hydrogens (tertiary/aromatic N) is 1. The lowest BCUT2D eigenvalue weighted by Crippen LogP contribution is -2.35. The highest BCUT2D eigenvalue weighted by atomic mass is 32.1. The van der Waals surface area contributed by atoms with Gasteiger partial charge >= 0.3 is 4.87 Å². The fraction of sp³-hybridized carbons (Fsp3) is 0.333. The maximum Gasteiger partial charge on any atom is 0.308 e. The summed E-state index contributed by atoms with van der Waals surface area (Å²) in [6.45, 7) is 3.46. The number of carbonyl (C=O) groups is 1. The molecule has 0 spiro atoms. The van der Waals surface area contributed by atoms with Gasteiger partial charge in [0.15, 0.2) is 0 Å². The number of amides is 1. The van der Waals surface area contributed by atoms with Gasteiger partial charge in [0.25, 0.3) is 0 Å². The quantitative estimate of drug-likeness (QED) is 0.876. The molecule has 2 N–H and O–H groups in total. The number of carbonyl (C=O) groups excluding carboxylic acids is 1. The van der Waals surface area contributed by atoms with Crippen LogP contribution in [0.1, 0.15) is 22.2 Å². The van der Waals surface area contributed by atoms with Gasteiger partial charge in [-0.2, -0.15) is 0 Å². The topological polar surface area (TPSA) is 71.3 Å². The predicted molar refractivity (Wildman–Crippen MR) is 82.5 cm³/mol. The molecule has 0 saturated carbocycles. The number of thiazole rings is 1. The van der Waals surface area contributed by atoms with E-state index in [4.69, 9.17) is 0 Å². The zero-order valence-corrected chi connectivity index (χ0v) is 12.8. The molecule has 6 heteroatoms. The van der Waals surface area contributed by atoms with Crippen molar-refractivity contribution in [1.29, 1.82) is 0 Å². The van der Waals surface area contributed by atoms with Gasteiger partial charge in [0, 0.05) is 10.6 Å². The molecule has 1 aromatic heterocycles. The number of rotatable bonds is 5. The van der Waals surface area contributed by atoms with Gasteiger partial charge in [-0.05, 0) is 19.4 Å². The lowest BCUT2D eigenvalue weighted by Gasteiger charge is -2.17. The Morgan fingerprint density at radius 1 is 1.33 bits per heavy atom. The van der Waals surface area contributed by atoms with Crippen LogP contribution in [0.15, 0.2) is 35.1 Å². The summed E-state index contributed by atoms with van der Waals surface area (Å²) >= 11 is 1.14. The van der Waals surface area contributed by atoms with Crippen LogP contribution < -0.4 is 10.2 Å². The molecule has 1 amide bonds. The maximum absolute atomic E-state index is 12.1. The number of aliphatic hydroxyl groups excluding tert-OH is 1. The van der Waals surface area contributed by atoms with Crippen molar-refractivity contribution in [3.63, 3.8) is 0 Å². The third kappa shape index (κ3) is 3.59. The second-order valence-electron chi connectivity index (χ2n) is 4.81. The normalized spacial score (nSPS) is 12.1. The van der Waals surface area contributed by atoms with Crippen molar-refractivity contribution in [3.05, 3.63) is 56.1 Å². The number of aromatic nitrogens is 1. The lowest BCUT2D eigenvalue weighted by molar-refractivity contribution is -0.122. The molecule has 0 aliphatic rings. The van der Waals surface area contributed by atoms with Gasteiger partial charge in [-0.3, -0.25) is 14.2 Å². The molecule has 1 aromatic carbocycles. The number of benzene rings is 1. The molecule has 2 rings (SSSR count). The summed E-state index contributed by atoms with van der Waals surface area (Å²) in [7, 11) is 0. The van der Waals surface area contributed by atoms with Crippen LogP contribution in [0.5, 0.6) is 0 Å². The maximum atomic E-state index is 12.1. The van der Waals surface area contributed by atoms with Crippen LogP contribution in [-0.4, -0.2) is 22.2 Å². The summed E-state index contributed by atoms with van der Waals surface area (Å²) in [6, 6.07) is 8.79. The van der Waals surface area contributed by atoms with Crippen molar-refractivity contribution in [2.75, 3.05) is 6.61 Å². The molecule has 0 bridgehead atoms. The molecule has 1 atom stereocenters. The summed E-state index contributed by atoms with van der Waals surface area (Å²) in [6.07, 6.45) is 0. The number of aliphatic hydroxyl groups is 1. The van der Waals surface area contributed by atoms with Gasteiger partial charge in [0.05, 0.1) is 12.6 Å². The van der Waals surface area contributed by atoms with Gasteiger partial charge < -0.3 is 10.4 Å². The predicted octanol–water partition coefficient (Wildman–Crippen LogP) is 1.38. The van der Waals surface area contributed by atoms with E-state index in [2.05, 4.69) is 5.32 Å². The highest BCUT2D eigenvalue weighted by Crippen LogP contribution is 2.12. The van der Waals surface area contributed by atoms with Crippen molar-refractivity contribution < 1.29 is 9.90 Å². The summed E-state index contributed by atoms with van der Waals surface area (Å²) < 4.78 is 1.45. The highest BCUT2D eigenvalue weighted by molar-refractivity contribution is 7.09. The van der Waals surface area contributed by atoms with Crippen molar-refractivity contribution in [3.8, 4) is 0 Å². The van der Waals surface area contributed by atoms with Crippen LogP contribution in [0.4, 0.5) is 0 Å². The van der Waals surface area contributed by atoms with Crippen molar-refractivity contribution in [2.24, 2.45) is 0 Å².